The minimum Gasteiger partial charge on any atom is -0.504 e. The molecule has 0 aliphatic carbocycles. The maximum atomic E-state index is 10.6. The van der Waals surface area contributed by atoms with Crippen LogP contribution >= 0.6 is 0 Å². The van der Waals surface area contributed by atoms with Crippen LogP contribution in [0.3, 0.4) is 0 Å². The van der Waals surface area contributed by atoms with Crippen molar-refractivity contribution in [3.05, 3.63) is 140 Å². The number of anilines is 3. The molecule has 9 rings (SSSR count). The van der Waals surface area contributed by atoms with Crippen LogP contribution in [0.25, 0.3) is 61.0 Å². The van der Waals surface area contributed by atoms with E-state index in [0.29, 0.717) is 22.9 Å². The van der Waals surface area contributed by atoms with Crippen LogP contribution in [-0.2, 0) is 0 Å². The summed E-state index contributed by atoms with van der Waals surface area (Å²) in [6, 6.07) is 42.6. The number of phenols is 10. The van der Waals surface area contributed by atoms with Gasteiger partial charge in [-0.05, 0) is 77.9 Å². The van der Waals surface area contributed by atoms with Crippen molar-refractivity contribution in [3.63, 3.8) is 0 Å². The highest BCUT2D eigenvalue weighted by atomic mass is 16.4. The van der Waals surface area contributed by atoms with Crippen LogP contribution in [0.2, 0.25) is 0 Å². The molecule has 0 fully saturated rings. The lowest BCUT2D eigenvalue weighted by Gasteiger charge is -2.25. The maximum absolute atomic E-state index is 10.6. The molecule has 0 bridgehead atoms. The van der Waals surface area contributed by atoms with Gasteiger partial charge in [-0.1, -0.05) is 72.8 Å². The molecule has 10 N–H and O–H groups in total. The van der Waals surface area contributed by atoms with Gasteiger partial charge >= 0.3 is 0 Å². The molecule has 0 unspecified atom stereocenters. The minimum atomic E-state index is -1.08. The predicted octanol–water partition coefficient (Wildman–Crippen LogP) is 9.71. The Kier molecular flexibility index (Phi) is 8.63. The molecule has 2 heterocycles. The number of pyridine rings is 1. The topological polar surface area (TPSA) is 223 Å². The first-order chi connectivity index (χ1) is 28.9. The van der Waals surface area contributed by atoms with E-state index in [1.807, 2.05) is 48.5 Å². The SMILES string of the molecule is Oc1c(O)c(O)c(-c2ccc(N(c3ccc(-c4c(O)c(O)c(O)c(O)c4O)cc3)c3cccc(-c4ccc5c(c4)c4ccccc4n5-c4ccccc4)n3)cc2)c(O)c1O. The van der Waals surface area contributed by atoms with Crippen LogP contribution in [0, 0.1) is 0 Å². The number of aromatic nitrogens is 2. The Balaban J connectivity index is 1.18. The molecule has 60 heavy (non-hydrogen) atoms. The van der Waals surface area contributed by atoms with Crippen molar-refractivity contribution in [2.24, 2.45) is 0 Å². The highest BCUT2D eigenvalue weighted by molar-refractivity contribution is 6.10. The minimum absolute atomic E-state index is 0.178. The first kappa shape index (κ1) is 36.9. The van der Waals surface area contributed by atoms with Gasteiger partial charge in [-0.3, -0.25) is 4.90 Å². The number of phenolic OH excluding ortho intramolecular Hbond substituents is 10. The van der Waals surface area contributed by atoms with Crippen molar-refractivity contribution in [2.45, 2.75) is 0 Å². The van der Waals surface area contributed by atoms with Gasteiger partial charge in [0.1, 0.15) is 5.82 Å². The van der Waals surface area contributed by atoms with Crippen molar-refractivity contribution in [2.75, 3.05) is 4.90 Å². The molecule has 0 amide bonds. The molecule has 13 heteroatoms. The number of benzene rings is 7. The Labute approximate surface area is 339 Å². The van der Waals surface area contributed by atoms with Gasteiger partial charge in [-0.15, -0.1) is 0 Å². The first-order valence-electron chi connectivity index (χ1n) is 18.4. The van der Waals surface area contributed by atoms with E-state index in [0.717, 1.165) is 33.1 Å². The third kappa shape index (κ3) is 5.76. The summed E-state index contributed by atoms with van der Waals surface area (Å²) >= 11 is 0. The molecule has 0 saturated heterocycles. The van der Waals surface area contributed by atoms with Crippen LogP contribution in [0.4, 0.5) is 17.2 Å². The first-order valence-corrected chi connectivity index (χ1v) is 18.4. The third-order valence-corrected chi connectivity index (χ3v) is 10.5. The lowest BCUT2D eigenvalue weighted by atomic mass is 10.00. The molecule has 0 spiro atoms. The molecule has 0 saturated carbocycles. The highest BCUT2D eigenvalue weighted by Crippen LogP contribution is 2.56. The Morgan fingerprint density at radius 1 is 0.367 bits per heavy atom. The second-order valence-electron chi connectivity index (χ2n) is 14.0. The Morgan fingerprint density at radius 3 is 1.35 bits per heavy atom. The molecule has 9 aromatic rings. The molecule has 0 atom stereocenters. The van der Waals surface area contributed by atoms with E-state index in [4.69, 9.17) is 4.98 Å². The van der Waals surface area contributed by atoms with Gasteiger partial charge in [0.05, 0.1) is 27.9 Å². The fraction of sp³-hybridized carbons (Fsp3) is 0. The van der Waals surface area contributed by atoms with Crippen LogP contribution in [-0.4, -0.2) is 60.6 Å². The molecule has 7 aromatic carbocycles. The summed E-state index contributed by atoms with van der Waals surface area (Å²) in [6.07, 6.45) is 0. The average molecular weight is 800 g/mol. The summed E-state index contributed by atoms with van der Waals surface area (Å²) in [4.78, 5) is 6.87. The second-order valence-corrected chi connectivity index (χ2v) is 14.0. The zero-order valence-corrected chi connectivity index (χ0v) is 31.1. The van der Waals surface area contributed by atoms with Gasteiger partial charge < -0.3 is 55.6 Å². The van der Waals surface area contributed by atoms with Crippen LogP contribution < -0.4 is 4.90 Å². The summed E-state index contributed by atoms with van der Waals surface area (Å²) in [6.45, 7) is 0. The maximum Gasteiger partial charge on any atom is 0.208 e. The van der Waals surface area contributed by atoms with Gasteiger partial charge in [-0.2, -0.15) is 0 Å². The van der Waals surface area contributed by atoms with E-state index in [9.17, 15) is 51.1 Å². The fourth-order valence-corrected chi connectivity index (χ4v) is 7.58. The molecule has 2 aromatic heterocycles. The number of nitrogens with zero attached hydrogens (tertiary/aromatic N) is 3. The molecular formula is C47H33N3O10. The van der Waals surface area contributed by atoms with Crippen LogP contribution in [0.5, 0.6) is 57.5 Å². The quantitative estimate of drug-likeness (QED) is 0.0537. The smallest absolute Gasteiger partial charge is 0.208 e. The van der Waals surface area contributed by atoms with E-state index in [-0.39, 0.29) is 22.3 Å². The highest BCUT2D eigenvalue weighted by Gasteiger charge is 2.27. The lowest BCUT2D eigenvalue weighted by Crippen LogP contribution is -2.11. The number of hydrogen-bond donors (Lipinski definition) is 10. The lowest BCUT2D eigenvalue weighted by molar-refractivity contribution is 0.330. The van der Waals surface area contributed by atoms with Gasteiger partial charge in [0, 0.05) is 33.4 Å². The number of aromatic hydroxyl groups is 10. The molecule has 13 nitrogen and oxygen atoms in total. The van der Waals surface area contributed by atoms with Gasteiger partial charge in [-0.25, -0.2) is 4.98 Å². The normalized spacial score (nSPS) is 11.3. The van der Waals surface area contributed by atoms with Crippen molar-refractivity contribution >= 4 is 39.0 Å². The van der Waals surface area contributed by atoms with Crippen LogP contribution in [0.15, 0.2) is 140 Å². The van der Waals surface area contributed by atoms with E-state index >= 15 is 0 Å². The zero-order valence-electron chi connectivity index (χ0n) is 31.1. The van der Waals surface area contributed by atoms with E-state index in [1.54, 1.807) is 35.2 Å². The summed E-state index contributed by atoms with van der Waals surface area (Å²) in [5.41, 5.74) is 5.29. The van der Waals surface area contributed by atoms with E-state index in [1.165, 1.54) is 24.3 Å². The second kappa shape index (κ2) is 14.0. The zero-order chi connectivity index (χ0) is 42.0. The monoisotopic (exact) mass is 799 g/mol. The Hall–Kier alpha value is -8.71. The van der Waals surface area contributed by atoms with Crippen molar-refractivity contribution in [1.82, 2.24) is 9.55 Å². The number of fused-ring (bicyclic) bond motifs is 3. The Bertz CT molecular complexity index is 2980. The third-order valence-electron chi connectivity index (χ3n) is 10.5. The molecule has 0 aliphatic heterocycles. The standard InChI is InChI=1S/C47H33N3O10/c51-38-36(39(52)43(56)46(59)42(38)55)24-13-18-28(19-14-24)49(29-20-15-25(16-21-29)37-40(53)44(57)47(60)45(58)41(37)54)35-12-6-10-32(48-35)26-17-22-34-31(23-26)30-9-4-5-11-33(30)50(34)27-7-2-1-3-8-27/h1-23,51-60H. The molecule has 0 radical (unpaired) electrons. The van der Waals surface area contributed by atoms with Gasteiger partial charge in [0.15, 0.2) is 23.0 Å². The molecule has 0 aliphatic rings. The van der Waals surface area contributed by atoms with Gasteiger partial charge in [0.2, 0.25) is 34.5 Å². The summed E-state index contributed by atoms with van der Waals surface area (Å²) in [7, 11) is 0. The van der Waals surface area contributed by atoms with Crippen molar-refractivity contribution < 1.29 is 51.1 Å². The number of hydrogen-bond acceptors (Lipinski definition) is 12. The van der Waals surface area contributed by atoms with Crippen molar-refractivity contribution in [1.29, 1.82) is 0 Å². The van der Waals surface area contributed by atoms with Crippen molar-refractivity contribution in [3.8, 4) is 96.7 Å². The van der Waals surface area contributed by atoms with Gasteiger partial charge in [0.25, 0.3) is 0 Å². The summed E-state index contributed by atoms with van der Waals surface area (Å²) in [5.74, 6) is -9.15. The Morgan fingerprint density at radius 2 is 0.817 bits per heavy atom. The number of rotatable bonds is 7. The van der Waals surface area contributed by atoms with E-state index in [2.05, 4.69) is 41.0 Å². The number of para-hydroxylation sites is 2. The van der Waals surface area contributed by atoms with E-state index < -0.39 is 57.5 Å². The molecule has 296 valence electrons. The average Bonchev–Trinajstić information content (AvgIpc) is 3.61. The predicted molar refractivity (Wildman–Crippen MR) is 226 cm³/mol. The molecular weight excluding hydrogens is 767 g/mol. The fourth-order valence-electron chi connectivity index (χ4n) is 7.58. The van der Waals surface area contributed by atoms with Crippen LogP contribution in [0.1, 0.15) is 0 Å². The largest absolute Gasteiger partial charge is 0.504 e. The summed E-state index contributed by atoms with van der Waals surface area (Å²) < 4.78 is 2.22. The summed E-state index contributed by atoms with van der Waals surface area (Å²) in [5, 5.41) is 105.